The van der Waals surface area contributed by atoms with Crippen molar-refractivity contribution < 1.29 is 8.78 Å². The van der Waals surface area contributed by atoms with Gasteiger partial charge < -0.3 is 5.32 Å². The number of nitrogens with one attached hydrogen (secondary N) is 1. The molecule has 0 saturated heterocycles. The molecule has 4 heteroatoms. The number of hydrogen-bond acceptors (Lipinski definition) is 2. The first kappa shape index (κ1) is 14.9. The van der Waals surface area contributed by atoms with Gasteiger partial charge in [0.15, 0.2) is 0 Å². The zero-order chi connectivity index (χ0) is 14.4. The highest BCUT2D eigenvalue weighted by atomic mass is 19.1. The molecule has 0 aliphatic heterocycles. The quantitative estimate of drug-likeness (QED) is 0.829. The summed E-state index contributed by atoms with van der Waals surface area (Å²) in [6.07, 6.45) is 7.58. The summed E-state index contributed by atoms with van der Waals surface area (Å²) in [5.41, 5.74) is 0.0404. The van der Waals surface area contributed by atoms with E-state index in [-0.39, 0.29) is 17.7 Å². The van der Waals surface area contributed by atoms with Crippen LogP contribution in [-0.2, 0) is 6.54 Å². The molecule has 2 nitrogen and oxygen atoms in total. The SMILES string of the molecule is N#Cc1cc(F)c(CNCCC2CCCCC2)c(F)c1. The molecule has 20 heavy (non-hydrogen) atoms. The third-order valence-electron chi connectivity index (χ3n) is 4.03. The molecule has 0 unspecified atom stereocenters. The number of nitrogens with zero attached hydrogens (tertiary/aromatic N) is 1. The molecule has 0 radical (unpaired) electrons. The fraction of sp³-hybridized carbons (Fsp3) is 0.562. The predicted octanol–water partition coefficient (Wildman–Crippen LogP) is 3.90. The number of benzene rings is 1. The topological polar surface area (TPSA) is 35.8 Å². The Morgan fingerprint density at radius 1 is 1.15 bits per heavy atom. The van der Waals surface area contributed by atoms with Crippen LogP contribution in [0.25, 0.3) is 0 Å². The second-order valence-electron chi connectivity index (χ2n) is 5.50. The normalized spacial score (nSPS) is 16.1. The van der Waals surface area contributed by atoms with E-state index < -0.39 is 11.6 Å². The van der Waals surface area contributed by atoms with Crippen molar-refractivity contribution in [2.75, 3.05) is 6.54 Å². The first-order valence-corrected chi connectivity index (χ1v) is 7.29. The van der Waals surface area contributed by atoms with E-state index in [4.69, 9.17) is 5.26 Å². The van der Waals surface area contributed by atoms with Gasteiger partial charge in [-0.2, -0.15) is 5.26 Å². The van der Waals surface area contributed by atoms with Crippen molar-refractivity contribution in [2.24, 2.45) is 5.92 Å². The molecule has 108 valence electrons. The number of halogens is 2. The summed E-state index contributed by atoms with van der Waals surface area (Å²) >= 11 is 0. The molecule has 1 aromatic rings. The van der Waals surface area contributed by atoms with Crippen LogP contribution in [0.1, 0.15) is 49.7 Å². The Hall–Kier alpha value is -1.47. The van der Waals surface area contributed by atoms with Gasteiger partial charge in [-0.15, -0.1) is 0 Å². The van der Waals surface area contributed by atoms with Crippen LogP contribution in [0, 0.1) is 28.9 Å². The molecular weight excluding hydrogens is 258 g/mol. The number of nitriles is 1. The van der Waals surface area contributed by atoms with Gasteiger partial charge in [0.2, 0.25) is 0 Å². The molecule has 0 spiro atoms. The maximum Gasteiger partial charge on any atom is 0.131 e. The standard InChI is InChI=1S/C16H20F2N2/c17-15-8-13(10-19)9-16(18)14(15)11-20-7-6-12-4-2-1-3-5-12/h8-9,12,20H,1-7,11H2. The van der Waals surface area contributed by atoms with E-state index in [0.29, 0.717) is 0 Å². The summed E-state index contributed by atoms with van der Waals surface area (Å²) in [6, 6.07) is 3.91. The van der Waals surface area contributed by atoms with Gasteiger partial charge in [0.05, 0.1) is 11.6 Å². The summed E-state index contributed by atoms with van der Waals surface area (Å²) in [5.74, 6) is -0.537. The Balaban J connectivity index is 1.80. The molecule has 2 rings (SSSR count). The fourth-order valence-electron chi connectivity index (χ4n) is 2.83. The lowest BCUT2D eigenvalue weighted by Crippen LogP contribution is -2.20. The van der Waals surface area contributed by atoms with Gasteiger partial charge in [0.25, 0.3) is 0 Å². The first-order chi connectivity index (χ1) is 9.70. The minimum absolute atomic E-state index is 0.0194. The zero-order valence-electron chi connectivity index (χ0n) is 11.6. The van der Waals surface area contributed by atoms with Crippen molar-refractivity contribution in [1.82, 2.24) is 5.32 Å². The summed E-state index contributed by atoms with van der Waals surface area (Å²) in [7, 11) is 0. The molecule has 0 heterocycles. The molecule has 0 amide bonds. The predicted molar refractivity (Wildman–Crippen MR) is 74.0 cm³/mol. The molecule has 0 bridgehead atoms. The number of rotatable bonds is 5. The van der Waals surface area contributed by atoms with Crippen LogP contribution in [0.2, 0.25) is 0 Å². The van der Waals surface area contributed by atoms with Crippen LogP contribution in [0.3, 0.4) is 0 Å². The third kappa shape index (κ3) is 4.01. The molecule has 1 N–H and O–H groups in total. The second kappa shape index (κ2) is 7.35. The average Bonchev–Trinajstić information content (AvgIpc) is 2.46. The summed E-state index contributed by atoms with van der Waals surface area (Å²) in [5, 5.41) is 11.7. The van der Waals surface area contributed by atoms with E-state index >= 15 is 0 Å². The molecule has 0 aromatic heterocycles. The molecule has 1 fully saturated rings. The van der Waals surface area contributed by atoms with Crippen molar-refractivity contribution >= 4 is 0 Å². The lowest BCUT2D eigenvalue weighted by Gasteiger charge is -2.21. The van der Waals surface area contributed by atoms with Gasteiger partial charge in [-0.1, -0.05) is 32.1 Å². The second-order valence-corrected chi connectivity index (χ2v) is 5.50. The minimum Gasteiger partial charge on any atom is -0.312 e. The van der Waals surface area contributed by atoms with E-state index in [1.54, 1.807) is 6.07 Å². The summed E-state index contributed by atoms with van der Waals surface area (Å²) < 4.78 is 27.3. The van der Waals surface area contributed by atoms with E-state index in [1.165, 1.54) is 32.1 Å². The van der Waals surface area contributed by atoms with Gasteiger partial charge in [0.1, 0.15) is 11.6 Å². The lowest BCUT2D eigenvalue weighted by atomic mass is 9.87. The van der Waals surface area contributed by atoms with Crippen LogP contribution in [0.15, 0.2) is 12.1 Å². The van der Waals surface area contributed by atoms with Gasteiger partial charge in [-0.3, -0.25) is 0 Å². The van der Waals surface area contributed by atoms with Gasteiger partial charge in [-0.25, -0.2) is 8.78 Å². The first-order valence-electron chi connectivity index (χ1n) is 7.29. The third-order valence-corrected chi connectivity index (χ3v) is 4.03. The van der Waals surface area contributed by atoms with E-state index in [2.05, 4.69) is 5.32 Å². The molecule has 1 aliphatic rings. The number of hydrogen-bond donors (Lipinski definition) is 1. The highest BCUT2D eigenvalue weighted by Crippen LogP contribution is 2.25. The average molecular weight is 278 g/mol. The smallest absolute Gasteiger partial charge is 0.131 e. The van der Waals surface area contributed by atoms with Crippen LogP contribution in [-0.4, -0.2) is 6.54 Å². The van der Waals surface area contributed by atoms with Gasteiger partial charge in [-0.05, 0) is 31.0 Å². The minimum atomic E-state index is -0.647. The maximum absolute atomic E-state index is 13.6. The molecular formula is C16H20F2N2. The highest BCUT2D eigenvalue weighted by molar-refractivity contribution is 5.34. The monoisotopic (exact) mass is 278 g/mol. The van der Waals surface area contributed by atoms with Crippen molar-refractivity contribution in [3.63, 3.8) is 0 Å². The Labute approximate surface area is 118 Å². The lowest BCUT2D eigenvalue weighted by molar-refractivity contribution is 0.333. The Kier molecular flexibility index (Phi) is 5.49. The molecule has 0 atom stereocenters. The van der Waals surface area contributed by atoms with Gasteiger partial charge >= 0.3 is 0 Å². The fourth-order valence-corrected chi connectivity index (χ4v) is 2.83. The maximum atomic E-state index is 13.6. The zero-order valence-corrected chi connectivity index (χ0v) is 11.6. The Morgan fingerprint density at radius 2 is 1.80 bits per heavy atom. The summed E-state index contributed by atoms with van der Waals surface area (Å²) in [4.78, 5) is 0. The van der Waals surface area contributed by atoms with Crippen LogP contribution in [0.5, 0.6) is 0 Å². The Bertz CT molecular complexity index is 465. The van der Waals surface area contributed by atoms with Crippen LogP contribution >= 0.6 is 0 Å². The van der Waals surface area contributed by atoms with E-state index in [0.717, 1.165) is 31.0 Å². The molecule has 1 aromatic carbocycles. The summed E-state index contributed by atoms with van der Waals surface area (Å²) in [6.45, 7) is 0.958. The van der Waals surface area contributed by atoms with Crippen molar-refractivity contribution in [1.29, 1.82) is 5.26 Å². The highest BCUT2D eigenvalue weighted by Gasteiger charge is 2.14. The van der Waals surface area contributed by atoms with Crippen molar-refractivity contribution in [3.05, 3.63) is 34.9 Å². The van der Waals surface area contributed by atoms with Crippen molar-refractivity contribution in [3.8, 4) is 6.07 Å². The molecule has 1 aliphatic carbocycles. The van der Waals surface area contributed by atoms with Crippen LogP contribution in [0.4, 0.5) is 8.78 Å². The van der Waals surface area contributed by atoms with Crippen molar-refractivity contribution in [2.45, 2.75) is 45.1 Å². The largest absolute Gasteiger partial charge is 0.312 e. The molecule has 1 saturated carbocycles. The van der Waals surface area contributed by atoms with E-state index in [9.17, 15) is 8.78 Å². The van der Waals surface area contributed by atoms with Gasteiger partial charge in [0, 0.05) is 12.1 Å². The van der Waals surface area contributed by atoms with E-state index in [1.807, 2.05) is 0 Å². The van der Waals surface area contributed by atoms with Crippen LogP contribution < -0.4 is 5.32 Å². The Morgan fingerprint density at radius 3 is 2.40 bits per heavy atom.